The molecule has 1 aliphatic carbocycles. The molecule has 0 radical (unpaired) electrons. The molecule has 0 saturated heterocycles. The zero-order valence-corrected chi connectivity index (χ0v) is 9.75. The first-order chi connectivity index (χ1) is 6.88. The Morgan fingerprint density at radius 1 is 0.933 bits per heavy atom. The molecule has 15 heavy (non-hydrogen) atoms. The summed E-state index contributed by atoms with van der Waals surface area (Å²) in [5.41, 5.74) is -1.09. The molecule has 0 heterocycles. The maximum absolute atomic E-state index is 11.6. The van der Waals surface area contributed by atoms with Crippen molar-refractivity contribution in [2.24, 2.45) is 10.8 Å². The van der Waals surface area contributed by atoms with Crippen molar-refractivity contribution in [3.63, 3.8) is 0 Å². The van der Waals surface area contributed by atoms with Crippen LogP contribution in [0.5, 0.6) is 0 Å². The molecule has 0 aromatic carbocycles. The first-order valence-corrected chi connectivity index (χ1v) is 5.05. The number of ether oxygens (including phenoxy) is 2. The Hall–Kier alpha value is -1.06. The van der Waals surface area contributed by atoms with E-state index in [0.29, 0.717) is 19.3 Å². The summed E-state index contributed by atoms with van der Waals surface area (Å²) >= 11 is 0. The molecule has 0 bridgehead atoms. The molecule has 0 N–H and O–H groups in total. The van der Waals surface area contributed by atoms with Crippen molar-refractivity contribution in [1.29, 1.82) is 0 Å². The number of carbonyl (C=O) groups is 2. The van der Waals surface area contributed by atoms with Crippen molar-refractivity contribution in [3.8, 4) is 0 Å². The van der Waals surface area contributed by atoms with Gasteiger partial charge in [0.05, 0.1) is 25.0 Å². The van der Waals surface area contributed by atoms with Gasteiger partial charge in [-0.2, -0.15) is 0 Å². The molecule has 86 valence electrons. The third kappa shape index (κ3) is 1.98. The van der Waals surface area contributed by atoms with Crippen molar-refractivity contribution in [1.82, 2.24) is 0 Å². The topological polar surface area (TPSA) is 52.6 Å². The van der Waals surface area contributed by atoms with Gasteiger partial charge in [-0.3, -0.25) is 9.59 Å². The highest BCUT2D eigenvalue weighted by molar-refractivity contribution is 5.82. The van der Waals surface area contributed by atoms with E-state index in [1.807, 2.05) is 13.8 Å². The van der Waals surface area contributed by atoms with Gasteiger partial charge in [-0.1, -0.05) is 0 Å². The zero-order valence-electron chi connectivity index (χ0n) is 9.75. The fraction of sp³-hybridized carbons (Fsp3) is 0.818. The Balaban J connectivity index is 2.82. The average Bonchev–Trinajstić information content (AvgIpc) is 2.55. The molecule has 0 aromatic heterocycles. The van der Waals surface area contributed by atoms with Gasteiger partial charge >= 0.3 is 11.9 Å². The van der Waals surface area contributed by atoms with E-state index in [2.05, 4.69) is 0 Å². The minimum atomic E-state index is -0.544. The molecular weight excluding hydrogens is 196 g/mol. The summed E-state index contributed by atoms with van der Waals surface area (Å²) in [6, 6.07) is 0. The summed E-state index contributed by atoms with van der Waals surface area (Å²) in [7, 11) is 2.75. The second-order valence-electron chi connectivity index (χ2n) is 4.78. The molecule has 0 aliphatic heterocycles. The third-order valence-corrected chi connectivity index (χ3v) is 3.37. The fourth-order valence-electron chi connectivity index (χ4n) is 2.43. The highest BCUT2D eigenvalue weighted by Crippen LogP contribution is 2.50. The van der Waals surface area contributed by atoms with Crippen LogP contribution in [0.15, 0.2) is 0 Å². The van der Waals surface area contributed by atoms with Crippen molar-refractivity contribution >= 4 is 11.9 Å². The number of methoxy groups -OCH3 is 2. The normalized spacial score (nSPS) is 34.9. The predicted octanol–water partition coefficient (Wildman–Crippen LogP) is 1.53. The maximum Gasteiger partial charge on any atom is 0.311 e. The van der Waals surface area contributed by atoms with Gasteiger partial charge in [-0.25, -0.2) is 0 Å². The maximum atomic E-state index is 11.6. The van der Waals surface area contributed by atoms with E-state index >= 15 is 0 Å². The van der Waals surface area contributed by atoms with Crippen LogP contribution in [0.4, 0.5) is 0 Å². The van der Waals surface area contributed by atoms with E-state index in [9.17, 15) is 9.59 Å². The number of hydrogen-bond donors (Lipinski definition) is 0. The summed E-state index contributed by atoms with van der Waals surface area (Å²) < 4.78 is 9.51. The summed E-state index contributed by atoms with van der Waals surface area (Å²) in [5, 5.41) is 0. The van der Waals surface area contributed by atoms with Gasteiger partial charge in [-0.05, 0) is 33.1 Å². The van der Waals surface area contributed by atoms with Gasteiger partial charge in [0.2, 0.25) is 0 Å². The average molecular weight is 214 g/mol. The quantitative estimate of drug-likeness (QED) is 0.654. The molecule has 2 atom stereocenters. The molecule has 4 nitrogen and oxygen atoms in total. The minimum absolute atomic E-state index is 0.241. The lowest BCUT2D eigenvalue weighted by Crippen LogP contribution is -2.31. The van der Waals surface area contributed by atoms with Crippen LogP contribution in [0.2, 0.25) is 0 Å². The highest BCUT2D eigenvalue weighted by atomic mass is 16.5. The van der Waals surface area contributed by atoms with E-state index < -0.39 is 10.8 Å². The predicted molar refractivity (Wildman–Crippen MR) is 54.1 cm³/mol. The van der Waals surface area contributed by atoms with E-state index in [0.717, 1.165) is 0 Å². The lowest BCUT2D eigenvalue weighted by molar-refractivity contribution is -0.155. The second kappa shape index (κ2) is 3.83. The van der Waals surface area contributed by atoms with Gasteiger partial charge in [0.15, 0.2) is 0 Å². The van der Waals surface area contributed by atoms with Crippen molar-refractivity contribution in [2.45, 2.75) is 33.1 Å². The van der Waals surface area contributed by atoms with E-state index in [1.54, 1.807) is 0 Å². The van der Waals surface area contributed by atoms with Gasteiger partial charge in [0, 0.05) is 0 Å². The van der Waals surface area contributed by atoms with Gasteiger partial charge in [0.1, 0.15) is 0 Å². The first-order valence-electron chi connectivity index (χ1n) is 5.05. The van der Waals surface area contributed by atoms with Crippen LogP contribution >= 0.6 is 0 Å². The summed E-state index contributed by atoms with van der Waals surface area (Å²) in [4.78, 5) is 23.1. The third-order valence-electron chi connectivity index (χ3n) is 3.37. The molecule has 1 saturated carbocycles. The van der Waals surface area contributed by atoms with Crippen LogP contribution in [-0.2, 0) is 19.1 Å². The minimum Gasteiger partial charge on any atom is -0.469 e. The van der Waals surface area contributed by atoms with E-state index in [1.165, 1.54) is 14.2 Å². The van der Waals surface area contributed by atoms with Crippen LogP contribution in [0.1, 0.15) is 33.1 Å². The first kappa shape index (κ1) is 12.0. The van der Waals surface area contributed by atoms with Crippen molar-refractivity contribution < 1.29 is 19.1 Å². The van der Waals surface area contributed by atoms with Crippen LogP contribution in [-0.4, -0.2) is 26.2 Å². The molecule has 0 spiro atoms. The summed E-state index contributed by atoms with van der Waals surface area (Å²) in [5.74, 6) is -0.481. The molecule has 1 fully saturated rings. The Labute approximate surface area is 89.9 Å². The molecule has 0 aromatic rings. The molecule has 0 amide bonds. The summed E-state index contributed by atoms with van der Waals surface area (Å²) in [6.45, 7) is 3.68. The zero-order chi connectivity index (χ0) is 11.7. The number of hydrogen-bond acceptors (Lipinski definition) is 4. The second-order valence-corrected chi connectivity index (χ2v) is 4.78. The summed E-state index contributed by atoms with van der Waals surface area (Å²) in [6.07, 6.45) is 1.84. The monoisotopic (exact) mass is 214 g/mol. The fourth-order valence-corrected chi connectivity index (χ4v) is 2.43. The largest absolute Gasteiger partial charge is 0.469 e. The van der Waals surface area contributed by atoms with Crippen LogP contribution in [0.3, 0.4) is 0 Å². The van der Waals surface area contributed by atoms with Crippen LogP contribution in [0.25, 0.3) is 0 Å². The van der Waals surface area contributed by atoms with Crippen molar-refractivity contribution in [2.75, 3.05) is 14.2 Å². The van der Waals surface area contributed by atoms with Gasteiger partial charge in [0.25, 0.3) is 0 Å². The van der Waals surface area contributed by atoms with E-state index in [-0.39, 0.29) is 11.9 Å². The number of carbonyl (C=O) groups excluding carboxylic acids is 2. The van der Waals surface area contributed by atoms with Gasteiger partial charge < -0.3 is 9.47 Å². The van der Waals surface area contributed by atoms with Crippen molar-refractivity contribution in [3.05, 3.63) is 0 Å². The number of rotatable bonds is 2. The van der Waals surface area contributed by atoms with E-state index in [4.69, 9.17) is 9.47 Å². The molecule has 1 rings (SSSR count). The Morgan fingerprint density at radius 3 is 1.53 bits per heavy atom. The Kier molecular flexibility index (Phi) is 3.07. The molecular formula is C11H18O4. The highest BCUT2D eigenvalue weighted by Gasteiger charge is 2.52. The SMILES string of the molecule is COC(=O)C1(C)CCC(C)(C(=O)OC)C1. The molecule has 2 unspecified atom stereocenters. The van der Waals surface area contributed by atoms with Gasteiger partial charge in [-0.15, -0.1) is 0 Å². The van der Waals surface area contributed by atoms with Crippen LogP contribution < -0.4 is 0 Å². The number of esters is 2. The molecule has 1 aliphatic rings. The van der Waals surface area contributed by atoms with Crippen LogP contribution in [0, 0.1) is 10.8 Å². The smallest absolute Gasteiger partial charge is 0.311 e. The lowest BCUT2D eigenvalue weighted by Gasteiger charge is -2.24. The lowest BCUT2D eigenvalue weighted by atomic mass is 9.82. The Bertz CT molecular complexity index is 258. The standard InChI is InChI=1S/C11H18O4/c1-10(8(12)14-3)5-6-11(2,7-10)9(13)15-4/h5-7H2,1-4H3. The molecule has 4 heteroatoms. The Morgan fingerprint density at radius 2 is 1.27 bits per heavy atom.